The van der Waals surface area contributed by atoms with E-state index in [2.05, 4.69) is 21.2 Å². The van der Waals surface area contributed by atoms with Crippen LogP contribution in [0.3, 0.4) is 0 Å². The minimum Gasteiger partial charge on any atom is -0.387 e. The number of aliphatic hydroxyl groups is 1. The van der Waals surface area contributed by atoms with E-state index in [1.54, 1.807) is 36.4 Å². The molecule has 100 valence electrons. The van der Waals surface area contributed by atoms with Gasteiger partial charge in [0.25, 0.3) is 0 Å². The minimum atomic E-state index is -0.733. The topological polar surface area (TPSA) is 32.3 Å². The van der Waals surface area contributed by atoms with Crippen LogP contribution in [0, 0.1) is 5.82 Å². The van der Waals surface area contributed by atoms with Gasteiger partial charge in [-0.05, 0) is 45.8 Å². The maximum absolute atomic E-state index is 13.6. The summed E-state index contributed by atoms with van der Waals surface area (Å²) in [6, 6.07) is 11.6. The summed E-state index contributed by atoms with van der Waals surface area (Å²) >= 11 is 9.04. The summed E-state index contributed by atoms with van der Waals surface area (Å²) in [7, 11) is 0. The fourth-order valence-electron chi connectivity index (χ4n) is 1.67. The predicted molar refractivity (Wildman–Crippen MR) is 79.0 cm³/mol. The summed E-state index contributed by atoms with van der Waals surface area (Å²) in [6.07, 6.45) is -0.733. The zero-order valence-corrected chi connectivity index (χ0v) is 12.2. The van der Waals surface area contributed by atoms with Crippen LogP contribution < -0.4 is 5.32 Å². The van der Waals surface area contributed by atoms with Crippen LogP contribution in [-0.4, -0.2) is 11.7 Å². The van der Waals surface area contributed by atoms with Crippen molar-refractivity contribution in [1.82, 2.24) is 0 Å². The lowest BCUT2D eigenvalue weighted by atomic mass is 10.1. The largest absolute Gasteiger partial charge is 0.387 e. The van der Waals surface area contributed by atoms with E-state index < -0.39 is 6.10 Å². The number of benzene rings is 2. The van der Waals surface area contributed by atoms with Crippen LogP contribution in [0.4, 0.5) is 10.1 Å². The van der Waals surface area contributed by atoms with Gasteiger partial charge in [-0.3, -0.25) is 0 Å². The lowest BCUT2D eigenvalue weighted by Crippen LogP contribution is -2.13. The second kappa shape index (κ2) is 6.37. The Morgan fingerprint density at radius 2 is 1.89 bits per heavy atom. The molecule has 19 heavy (non-hydrogen) atoms. The van der Waals surface area contributed by atoms with Crippen molar-refractivity contribution in [3.63, 3.8) is 0 Å². The monoisotopic (exact) mass is 343 g/mol. The third kappa shape index (κ3) is 3.69. The van der Waals surface area contributed by atoms with Crippen molar-refractivity contribution in [1.29, 1.82) is 0 Å². The molecule has 2 aromatic carbocycles. The molecule has 0 radical (unpaired) electrons. The van der Waals surface area contributed by atoms with Gasteiger partial charge in [-0.2, -0.15) is 0 Å². The minimum absolute atomic E-state index is 0.209. The molecule has 1 unspecified atom stereocenters. The van der Waals surface area contributed by atoms with Gasteiger partial charge >= 0.3 is 0 Å². The van der Waals surface area contributed by atoms with Gasteiger partial charge in [0.15, 0.2) is 0 Å². The Balaban J connectivity index is 2.04. The smallest absolute Gasteiger partial charge is 0.147 e. The summed E-state index contributed by atoms with van der Waals surface area (Å²) in [5.41, 5.74) is 1.07. The van der Waals surface area contributed by atoms with E-state index in [1.165, 1.54) is 6.07 Å². The van der Waals surface area contributed by atoms with E-state index >= 15 is 0 Å². The third-order valence-electron chi connectivity index (χ3n) is 2.69. The first-order valence-corrected chi connectivity index (χ1v) is 6.86. The molecular weight excluding hydrogens is 333 g/mol. The molecule has 0 amide bonds. The highest BCUT2D eigenvalue weighted by atomic mass is 79.9. The number of hydrogen-bond acceptors (Lipinski definition) is 2. The van der Waals surface area contributed by atoms with Gasteiger partial charge in [0, 0.05) is 16.0 Å². The van der Waals surface area contributed by atoms with Gasteiger partial charge in [0.05, 0.1) is 11.8 Å². The molecule has 0 aliphatic rings. The van der Waals surface area contributed by atoms with Gasteiger partial charge in [0.2, 0.25) is 0 Å². The predicted octanol–water partition coefficient (Wildman–Crippen LogP) is 4.39. The molecule has 0 heterocycles. The van der Waals surface area contributed by atoms with E-state index in [4.69, 9.17) is 11.6 Å². The molecule has 1 atom stereocenters. The molecule has 0 aromatic heterocycles. The zero-order valence-electron chi connectivity index (χ0n) is 9.91. The SMILES string of the molecule is OC(CNc1c(F)cccc1Br)c1ccc(Cl)cc1. The first kappa shape index (κ1) is 14.3. The summed E-state index contributed by atoms with van der Waals surface area (Å²) < 4.78 is 14.2. The number of aliphatic hydroxyl groups excluding tert-OH is 1. The van der Waals surface area contributed by atoms with Gasteiger partial charge in [-0.15, -0.1) is 0 Å². The lowest BCUT2D eigenvalue weighted by molar-refractivity contribution is 0.191. The van der Waals surface area contributed by atoms with Crippen molar-refractivity contribution in [2.75, 3.05) is 11.9 Å². The van der Waals surface area contributed by atoms with Crippen LogP contribution in [0.15, 0.2) is 46.9 Å². The van der Waals surface area contributed by atoms with Gasteiger partial charge in [0.1, 0.15) is 5.82 Å². The van der Waals surface area contributed by atoms with E-state index in [0.717, 1.165) is 5.56 Å². The molecule has 2 N–H and O–H groups in total. The number of rotatable bonds is 4. The van der Waals surface area contributed by atoms with Crippen molar-refractivity contribution in [3.8, 4) is 0 Å². The Bertz CT molecular complexity index is 542. The molecule has 0 spiro atoms. The molecular formula is C14H12BrClFNO. The van der Waals surface area contributed by atoms with E-state index in [1.807, 2.05) is 0 Å². The molecule has 2 aromatic rings. The lowest BCUT2D eigenvalue weighted by Gasteiger charge is -2.14. The number of anilines is 1. The number of halogens is 3. The van der Waals surface area contributed by atoms with Crippen LogP contribution in [0.5, 0.6) is 0 Å². The summed E-state index contributed by atoms with van der Waals surface area (Å²) in [6.45, 7) is 0.209. The summed E-state index contributed by atoms with van der Waals surface area (Å²) in [4.78, 5) is 0. The Kier molecular flexibility index (Phi) is 4.80. The molecule has 0 bridgehead atoms. The van der Waals surface area contributed by atoms with Gasteiger partial charge < -0.3 is 10.4 Å². The highest BCUT2D eigenvalue weighted by molar-refractivity contribution is 9.10. The molecule has 0 saturated carbocycles. The van der Waals surface area contributed by atoms with Gasteiger partial charge in [-0.1, -0.05) is 29.8 Å². The average molecular weight is 345 g/mol. The third-order valence-corrected chi connectivity index (χ3v) is 3.60. The highest BCUT2D eigenvalue weighted by Gasteiger charge is 2.10. The van der Waals surface area contributed by atoms with Crippen molar-refractivity contribution in [2.24, 2.45) is 0 Å². The maximum atomic E-state index is 13.6. The normalized spacial score (nSPS) is 12.2. The maximum Gasteiger partial charge on any atom is 0.147 e. The summed E-state index contributed by atoms with van der Waals surface area (Å²) in [5, 5.41) is 13.5. The van der Waals surface area contributed by atoms with Gasteiger partial charge in [-0.25, -0.2) is 4.39 Å². The van der Waals surface area contributed by atoms with Crippen LogP contribution in [0.1, 0.15) is 11.7 Å². The Morgan fingerprint density at radius 1 is 1.21 bits per heavy atom. The molecule has 0 saturated heterocycles. The first-order valence-electron chi connectivity index (χ1n) is 5.69. The van der Waals surface area contributed by atoms with Crippen LogP contribution >= 0.6 is 27.5 Å². The molecule has 0 aliphatic carbocycles. The number of hydrogen-bond donors (Lipinski definition) is 2. The van der Waals surface area contributed by atoms with Crippen LogP contribution in [0.25, 0.3) is 0 Å². The second-order valence-corrected chi connectivity index (χ2v) is 5.34. The molecule has 0 aliphatic heterocycles. The first-order chi connectivity index (χ1) is 9.08. The Morgan fingerprint density at radius 3 is 2.53 bits per heavy atom. The van der Waals surface area contributed by atoms with Crippen LogP contribution in [-0.2, 0) is 0 Å². The van der Waals surface area contributed by atoms with Crippen molar-refractivity contribution < 1.29 is 9.50 Å². The standard InChI is InChI=1S/C14H12BrClFNO/c15-11-2-1-3-12(17)14(11)18-8-13(19)9-4-6-10(16)7-5-9/h1-7,13,18-19H,8H2. The molecule has 0 fully saturated rings. The highest BCUT2D eigenvalue weighted by Crippen LogP contribution is 2.26. The zero-order chi connectivity index (χ0) is 13.8. The Labute approximate surface area is 124 Å². The summed E-state index contributed by atoms with van der Waals surface area (Å²) in [5.74, 6) is -0.363. The molecule has 2 nitrogen and oxygen atoms in total. The van der Waals surface area contributed by atoms with Crippen molar-refractivity contribution >= 4 is 33.2 Å². The van der Waals surface area contributed by atoms with E-state index in [9.17, 15) is 9.50 Å². The molecule has 2 rings (SSSR count). The average Bonchev–Trinajstić information content (AvgIpc) is 2.38. The molecule has 5 heteroatoms. The fourth-order valence-corrected chi connectivity index (χ4v) is 2.28. The quantitative estimate of drug-likeness (QED) is 0.862. The van der Waals surface area contributed by atoms with Crippen molar-refractivity contribution in [3.05, 3.63) is 63.3 Å². The Hall–Kier alpha value is -1.10. The van der Waals surface area contributed by atoms with E-state index in [0.29, 0.717) is 15.2 Å². The van der Waals surface area contributed by atoms with Crippen molar-refractivity contribution in [2.45, 2.75) is 6.10 Å². The number of para-hydroxylation sites is 1. The fraction of sp³-hybridized carbons (Fsp3) is 0.143. The van der Waals surface area contributed by atoms with Crippen LogP contribution in [0.2, 0.25) is 5.02 Å². The second-order valence-electron chi connectivity index (χ2n) is 4.04. The van der Waals surface area contributed by atoms with E-state index in [-0.39, 0.29) is 12.4 Å². The number of nitrogens with one attached hydrogen (secondary N) is 1.